The molecule has 0 atom stereocenters. The van der Waals surface area contributed by atoms with Crippen LogP contribution in [0.1, 0.15) is 151 Å². The topological polar surface area (TPSA) is 51.2 Å². The summed E-state index contributed by atoms with van der Waals surface area (Å²) in [7, 11) is 0. The van der Waals surface area contributed by atoms with Crippen molar-refractivity contribution >= 4 is 17.9 Å². The molecule has 0 saturated heterocycles. The van der Waals surface area contributed by atoms with E-state index in [1.807, 2.05) is 0 Å². The summed E-state index contributed by atoms with van der Waals surface area (Å²) in [6.45, 7) is 12.5. The number of carbonyl (C=O) groups is 3. The van der Waals surface area contributed by atoms with Crippen LogP contribution in [-0.2, 0) is 14.4 Å². The first-order valence-electron chi connectivity index (χ1n) is 14.7. The van der Waals surface area contributed by atoms with E-state index in [-0.39, 0.29) is 22.4 Å². The first-order valence-corrected chi connectivity index (χ1v) is 14.7. The van der Waals surface area contributed by atoms with Crippen LogP contribution in [-0.4, -0.2) is 17.9 Å². The Bertz CT molecular complexity index is 732. The molecule has 0 amide bonds. The Kier molecular flexibility index (Phi) is 14.7. The van der Waals surface area contributed by atoms with Crippen LogP contribution in [0.2, 0.25) is 0 Å². The van der Waals surface area contributed by atoms with Gasteiger partial charge in [0.05, 0.1) is 0 Å². The molecule has 0 aliphatic heterocycles. The number of aldehydes is 1. The third kappa shape index (κ3) is 8.53. The van der Waals surface area contributed by atoms with Crippen molar-refractivity contribution in [3.63, 3.8) is 0 Å². The molecule has 0 heterocycles. The molecule has 3 heteroatoms. The van der Waals surface area contributed by atoms with Crippen molar-refractivity contribution in [3.8, 4) is 0 Å². The van der Waals surface area contributed by atoms with Crippen molar-refractivity contribution in [1.29, 1.82) is 0 Å². The maximum absolute atomic E-state index is 12.2. The minimum absolute atomic E-state index is 0.0330. The summed E-state index contributed by atoms with van der Waals surface area (Å²) in [5.41, 5.74) is 1.98. The van der Waals surface area contributed by atoms with Gasteiger partial charge in [0.25, 0.3) is 0 Å². The summed E-state index contributed by atoms with van der Waals surface area (Å²) in [5, 5.41) is 0. The van der Waals surface area contributed by atoms with Gasteiger partial charge in [-0.15, -0.1) is 0 Å². The van der Waals surface area contributed by atoms with Gasteiger partial charge in [0, 0.05) is 22.1 Å². The molecule has 0 fully saturated rings. The highest BCUT2D eigenvalue weighted by Crippen LogP contribution is 2.51. The van der Waals surface area contributed by atoms with E-state index in [1.165, 1.54) is 76.6 Å². The molecule has 0 aromatic heterocycles. The van der Waals surface area contributed by atoms with Gasteiger partial charge in [-0.25, -0.2) is 0 Å². The van der Waals surface area contributed by atoms with E-state index in [2.05, 4.69) is 27.7 Å². The molecule has 35 heavy (non-hydrogen) atoms. The predicted octanol–water partition coefficient (Wildman–Crippen LogP) is 9.28. The van der Waals surface area contributed by atoms with E-state index in [0.717, 1.165) is 50.5 Å². The van der Waals surface area contributed by atoms with Crippen LogP contribution in [0.3, 0.4) is 0 Å². The van der Waals surface area contributed by atoms with Crippen molar-refractivity contribution < 1.29 is 14.4 Å². The number of Topliss-reactive ketones (excluding diaryl/α,β-unsaturated/α-hetero) is 1. The van der Waals surface area contributed by atoms with Crippen LogP contribution in [0.4, 0.5) is 0 Å². The van der Waals surface area contributed by atoms with Crippen LogP contribution in [0.5, 0.6) is 0 Å². The van der Waals surface area contributed by atoms with Crippen molar-refractivity contribution in [2.24, 2.45) is 10.8 Å². The molecular formula is C32H54O3. The summed E-state index contributed by atoms with van der Waals surface area (Å²) in [6, 6.07) is 0. The first kappa shape index (κ1) is 31.5. The third-order valence-electron chi connectivity index (χ3n) is 9.28. The van der Waals surface area contributed by atoms with Gasteiger partial charge in [-0.05, 0) is 70.3 Å². The normalized spacial score (nSPS) is 15.1. The molecule has 3 nitrogen and oxygen atoms in total. The van der Waals surface area contributed by atoms with E-state index < -0.39 is 0 Å². The fraction of sp³-hybridized carbons (Fsp3) is 0.781. The van der Waals surface area contributed by atoms with E-state index in [4.69, 9.17) is 0 Å². The van der Waals surface area contributed by atoms with E-state index >= 15 is 0 Å². The molecule has 1 rings (SSSR count). The molecule has 0 saturated carbocycles. The van der Waals surface area contributed by atoms with Crippen LogP contribution in [0.25, 0.3) is 0 Å². The predicted molar refractivity (Wildman–Crippen MR) is 149 cm³/mol. The highest BCUT2D eigenvalue weighted by Gasteiger charge is 2.45. The molecule has 1 aliphatic carbocycles. The van der Waals surface area contributed by atoms with E-state index in [9.17, 15) is 14.4 Å². The lowest BCUT2D eigenvalue weighted by Crippen LogP contribution is -2.42. The first-order chi connectivity index (χ1) is 16.8. The lowest BCUT2D eigenvalue weighted by Gasteiger charge is -2.47. The van der Waals surface area contributed by atoms with Gasteiger partial charge >= 0.3 is 0 Å². The van der Waals surface area contributed by atoms with Crippen LogP contribution in [0, 0.1) is 10.8 Å². The molecule has 0 bridgehead atoms. The molecule has 0 aromatic carbocycles. The van der Waals surface area contributed by atoms with Crippen LogP contribution >= 0.6 is 0 Å². The number of rotatable bonds is 20. The molecule has 0 N–H and O–H groups in total. The SMILES string of the molecule is CCC(C=O)(CC)C(CC)(CC)CCCCCCCCCCCCCC1=C(C)C(=O)C(C)=CC1=O. The maximum atomic E-state index is 12.2. The number of ketones is 2. The Morgan fingerprint density at radius 3 is 1.57 bits per heavy atom. The van der Waals surface area contributed by atoms with Gasteiger partial charge in [0.15, 0.2) is 11.6 Å². The van der Waals surface area contributed by atoms with Crippen molar-refractivity contribution in [2.75, 3.05) is 0 Å². The van der Waals surface area contributed by atoms with Crippen molar-refractivity contribution in [1.82, 2.24) is 0 Å². The lowest BCUT2D eigenvalue weighted by atomic mass is 9.56. The second-order valence-electron chi connectivity index (χ2n) is 11.0. The number of allylic oxidation sites excluding steroid dienone is 4. The zero-order valence-electron chi connectivity index (χ0n) is 23.9. The molecule has 1 aliphatic rings. The Hall–Kier alpha value is -1.51. The maximum Gasteiger partial charge on any atom is 0.184 e. The number of carbonyl (C=O) groups excluding carboxylic acids is 3. The summed E-state index contributed by atoms with van der Waals surface area (Å²) in [6.07, 6.45) is 22.5. The Labute approximate surface area is 216 Å². The highest BCUT2D eigenvalue weighted by atomic mass is 16.1. The average molecular weight is 487 g/mol. The van der Waals surface area contributed by atoms with Crippen LogP contribution in [0.15, 0.2) is 22.8 Å². The zero-order valence-corrected chi connectivity index (χ0v) is 23.9. The standard InChI is InChI=1S/C32H54O3/c1-7-31(8-2,32(9-3,10-4)25-33)23-21-19-17-15-13-11-12-14-16-18-20-22-28-27(6)30(35)26(5)24-29(28)34/h24-25H,7-23H2,1-6H3. The second-order valence-corrected chi connectivity index (χ2v) is 11.0. The minimum Gasteiger partial charge on any atom is -0.303 e. The summed E-state index contributed by atoms with van der Waals surface area (Å²) >= 11 is 0. The van der Waals surface area contributed by atoms with Gasteiger partial charge < -0.3 is 4.79 Å². The molecule has 0 radical (unpaired) electrons. The number of unbranched alkanes of at least 4 members (excludes halogenated alkanes) is 10. The molecule has 0 unspecified atom stereocenters. The highest BCUT2D eigenvalue weighted by molar-refractivity contribution is 6.22. The third-order valence-corrected chi connectivity index (χ3v) is 9.28. The molecule has 200 valence electrons. The molecule has 0 aromatic rings. The zero-order chi connectivity index (χ0) is 26.3. The quantitative estimate of drug-likeness (QED) is 0.0978. The lowest BCUT2D eigenvalue weighted by molar-refractivity contribution is -0.126. The minimum atomic E-state index is -0.147. The largest absolute Gasteiger partial charge is 0.303 e. The number of hydrogen-bond donors (Lipinski definition) is 0. The van der Waals surface area contributed by atoms with E-state index in [0.29, 0.717) is 11.1 Å². The van der Waals surface area contributed by atoms with Gasteiger partial charge in [-0.3, -0.25) is 9.59 Å². The fourth-order valence-electron chi connectivity index (χ4n) is 6.48. The Morgan fingerprint density at radius 2 is 1.14 bits per heavy atom. The smallest absolute Gasteiger partial charge is 0.184 e. The van der Waals surface area contributed by atoms with Gasteiger partial charge in [0.2, 0.25) is 0 Å². The Morgan fingerprint density at radius 1 is 0.686 bits per heavy atom. The van der Waals surface area contributed by atoms with Crippen molar-refractivity contribution in [3.05, 3.63) is 22.8 Å². The second kappa shape index (κ2) is 16.3. The Balaban J connectivity index is 2.14. The van der Waals surface area contributed by atoms with Gasteiger partial charge in [-0.2, -0.15) is 0 Å². The van der Waals surface area contributed by atoms with Crippen molar-refractivity contribution in [2.45, 2.75) is 151 Å². The van der Waals surface area contributed by atoms with Gasteiger partial charge in [0.1, 0.15) is 6.29 Å². The monoisotopic (exact) mass is 486 g/mol. The number of hydrogen-bond acceptors (Lipinski definition) is 3. The average Bonchev–Trinajstić information content (AvgIpc) is 2.87. The van der Waals surface area contributed by atoms with E-state index in [1.54, 1.807) is 13.8 Å². The molecular weight excluding hydrogens is 432 g/mol. The molecule has 0 spiro atoms. The van der Waals surface area contributed by atoms with Crippen LogP contribution < -0.4 is 0 Å². The summed E-state index contributed by atoms with van der Waals surface area (Å²) in [4.78, 5) is 36.3. The summed E-state index contributed by atoms with van der Waals surface area (Å²) in [5.74, 6) is 0.0686. The van der Waals surface area contributed by atoms with Gasteiger partial charge in [-0.1, -0.05) is 91.9 Å². The summed E-state index contributed by atoms with van der Waals surface area (Å²) < 4.78 is 0. The fourth-order valence-corrected chi connectivity index (χ4v) is 6.48.